The zero-order valence-electron chi connectivity index (χ0n) is 12.5. The molecular formula is C15H16FN3O4. The lowest BCUT2D eigenvalue weighted by Crippen LogP contribution is -2.69. The van der Waals surface area contributed by atoms with Crippen molar-refractivity contribution in [2.24, 2.45) is 0 Å². The highest BCUT2D eigenvalue weighted by Crippen LogP contribution is 2.18. The number of hydrogen-bond acceptors (Lipinski definition) is 4. The molecule has 2 heterocycles. The fourth-order valence-corrected chi connectivity index (χ4v) is 2.72. The van der Waals surface area contributed by atoms with Crippen molar-refractivity contribution >= 4 is 17.9 Å². The van der Waals surface area contributed by atoms with Gasteiger partial charge in [-0.25, -0.2) is 9.18 Å². The van der Waals surface area contributed by atoms with Crippen LogP contribution in [0.1, 0.15) is 6.92 Å². The molecular weight excluding hydrogens is 305 g/mol. The van der Waals surface area contributed by atoms with E-state index < -0.39 is 24.0 Å². The van der Waals surface area contributed by atoms with Crippen molar-refractivity contribution in [3.05, 3.63) is 30.1 Å². The normalized spacial score (nSPS) is 24.1. The van der Waals surface area contributed by atoms with Gasteiger partial charge in [-0.2, -0.15) is 0 Å². The maximum Gasteiger partial charge on any atom is 0.415 e. The summed E-state index contributed by atoms with van der Waals surface area (Å²) < 4.78 is 18.0. The van der Waals surface area contributed by atoms with E-state index in [1.807, 2.05) is 0 Å². The number of carbonyl (C=O) groups is 3. The molecule has 2 aliphatic heterocycles. The number of amides is 3. The van der Waals surface area contributed by atoms with Gasteiger partial charge < -0.3 is 19.9 Å². The first-order chi connectivity index (χ1) is 11.0. The van der Waals surface area contributed by atoms with Crippen LogP contribution >= 0.6 is 0 Å². The summed E-state index contributed by atoms with van der Waals surface area (Å²) in [5.41, 5.74) is 0. The Morgan fingerprint density at radius 3 is 2.65 bits per heavy atom. The summed E-state index contributed by atoms with van der Waals surface area (Å²) in [6, 6.07) is 3.83. The third-order valence-electron chi connectivity index (χ3n) is 3.97. The van der Waals surface area contributed by atoms with Crippen LogP contribution in [0.5, 0.6) is 5.75 Å². The molecule has 0 spiro atoms. The molecule has 2 atom stereocenters. The molecule has 0 unspecified atom stereocenters. The van der Waals surface area contributed by atoms with Gasteiger partial charge in [0.2, 0.25) is 11.8 Å². The minimum absolute atomic E-state index is 0.0737. The number of benzene rings is 1. The van der Waals surface area contributed by atoms with Crippen molar-refractivity contribution in [3.8, 4) is 5.75 Å². The number of halogens is 1. The van der Waals surface area contributed by atoms with Crippen LogP contribution in [0.25, 0.3) is 0 Å². The van der Waals surface area contributed by atoms with Gasteiger partial charge in [-0.15, -0.1) is 0 Å². The molecule has 8 heteroatoms. The second kappa shape index (κ2) is 5.86. The van der Waals surface area contributed by atoms with Crippen molar-refractivity contribution in [2.45, 2.75) is 19.0 Å². The van der Waals surface area contributed by atoms with E-state index in [0.29, 0.717) is 0 Å². The summed E-state index contributed by atoms with van der Waals surface area (Å²) in [6.45, 7) is 2.26. The van der Waals surface area contributed by atoms with Crippen molar-refractivity contribution in [2.75, 3.05) is 19.6 Å². The van der Waals surface area contributed by atoms with Crippen molar-refractivity contribution < 1.29 is 23.5 Å². The Morgan fingerprint density at radius 1 is 1.26 bits per heavy atom. The Kier molecular flexibility index (Phi) is 3.89. The predicted octanol–water partition coefficient (Wildman–Crippen LogP) is 0.356. The average molecular weight is 321 g/mol. The van der Waals surface area contributed by atoms with E-state index in [9.17, 15) is 18.8 Å². The topological polar surface area (TPSA) is 79.0 Å². The lowest BCUT2D eigenvalue weighted by molar-refractivity contribution is -0.151. The summed E-state index contributed by atoms with van der Waals surface area (Å²) in [5.74, 6) is -0.640. The van der Waals surface area contributed by atoms with Crippen LogP contribution < -0.4 is 10.1 Å². The zero-order valence-corrected chi connectivity index (χ0v) is 12.5. The van der Waals surface area contributed by atoms with Crippen molar-refractivity contribution in [1.29, 1.82) is 0 Å². The molecule has 2 saturated heterocycles. The number of fused-ring (bicyclic) bond motifs is 1. The molecule has 0 saturated carbocycles. The van der Waals surface area contributed by atoms with E-state index in [2.05, 4.69) is 5.32 Å². The molecule has 3 rings (SSSR count). The molecule has 0 bridgehead atoms. The largest absolute Gasteiger partial charge is 0.415 e. The summed E-state index contributed by atoms with van der Waals surface area (Å²) in [7, 11) is 0. The maximum atomic E-state index is 12.8. The molecule has 2 fully saturated rings. The fraction of sp³-hybridized carbons (Fsp3) is 0.400. The van der Waals surface area contributed by atoms with Gasteiger partial charge in [0.05, 0.1) is 6.54 Å². The second-order valence-corrected chi connectivity index (χ2v) is 5.55. The molecule has 0 radical (unpaired) electrons. The van der Waals surface area contributed by atoms with Gasteiger partial charge in [0, 0.05) is 13.1 Å². The van der Waals surface area contributed by atoms with Gasteiger partial charge in [0.25, 0.3) is 0 Å². The summed E-state index contributed by atoms with van der Waals surface area (Å²) in [6.07, 6.45) is -0.630. The van der Waals surface area contributed by atoms with Crippen molar-refractivity contribution in [1.82, 2.24) is 15.1 Å². The minimum atomic E-state index is -0.701. The molecule has 122 valence electrons. The third-order valence-corrected chi connectivity index (χ3v) is 3.97. The smallest absolute Gasteiger partial charge is 0.410 e. The monoisotopic (exact) mass is 321 g/mol. The zero-order chi connectivity index (χ0) is 16.6. The van der Waals surface area contributed by atoms with E-state index >= 15 is 0 Å². The number of carbonyl (C=O) groups excluding carboxylic acids is 3. The highest BCUT2D eigenvalue weighted by atomic mass is 19.1. The number of ether oxygens (including phenoxy) is 1. The molecule has 7 nitrogen and oxygen atoms in total. The van der Waals surface area contributed by atoms with Crippen LogP contribution in [0.4, 0.5) is 9.18 Å². The van der Waals surface area contributed by atoms with Gasteiger partial charge in [0.15, 0.2) is 0 Å². The Balaban J connectivity index is 1.66. The fourth-order valence-electron chi connectivity index (χ4n) is 2.72. The summed E-state index contributed by atoms with van der Waals surface area (Å²) >= 11 is 0. The van der Waals surface area contributed by atoms with Crippen LogP contribution in [-0.4, -0.2) is 59.4 Å². The predicted molar refractivity (Wildman–Crippen MR) is 77.1 cm³/mol. The Hall–Kier alpha value is -2.64. The third kappa shape index (κ3) is 2.96. The number of nitrogens with one attached hydrogen (secondary N) is 1. The van der Waals surface area contributed by atoms with Crippen LogP contribution in [0.3, 0.4) is 0 Å². The van der Waals surface area contributed by atoms with Crippen LogP contribution in [0.15, 0.2) is 24.3 Å². The maximum absolute atomic E-state index is 12.8. The first-order valence-corrected chi connectivity index (χ1v) is 7.29. The van der Waals surface area contributed by atoms with Gasteiger partial charge in [-0.1, -0.05) is 0 Å². The van der Waals surface area contributed by atoms with Gasteiger partial charge in [-0.05, 0) is 31.2 Å². The molecule has 0 aliphatic carbocycles. The minimum Gasteiger partial charge on any atom is -0.410 e. The lowest BCUT2D eigenvalue weighted by atomic mass is 10.1. The number of hydrogen-bond donors (Lipinski definition) is 1. The Bertz CT molecular complexity index is 649. The van der Waals surface area contributed by atoms with E-state index in [1.54, 1.807) is 6.92 Å². The van der Waals surface area contributed by atoms with E-state index in [-0.39, 0.29) is 37.2 Å². The van der Waals surface area contributed by atoms with Gasteiger partial charge in [0.1, 0.15) is 23.7 Å². The van der Waals surface area contributed by atoms with E-state index in [4.69, 9.17) is 4.74 Å². The number of nitrogens with zero attached hydrogens (tertiary/aromatic N) is 2. The highest BCUT2D eigenvalue weighted by Gasteiger charge is 2.43. The quantitative estimate of drug-likeness (QED) is 0.810. The molecule has 1 aromatic carbocycles. The standard InChI is InChI=1S/C15H16FN3O4/c1-9-14(21)19-7-6-18(8-12(19)13(20)17-9)15(22)23-11-4-2-10(16)3-5-11/h2-5,9,12H,6-8H2,1H3,(H,17,20)/t9-,12+/m0/s1. The molecule has 2 aliphatic rings. The molecule has 23 heavy (non-hydrogen) atoms. The van der Waals surface area contributed by atoms with Crippen LogP contribution in [-0.2, 0) is 9.59 Å². The summed E-state index contributed by atoms with van der Waals surface area (Å²) in [5, 5.41) is 2.59. The van der Waals surface area contributed by atoms with E-state index in [1.165, 1.54) is 34.1 Å². The number of rotatable bonds is 1. The SMILES string of the molecule is C[C@@H]1NC(=O)[C@H]2CN(C(=O)Oc3ccc(F)cc3)CCN2C1=O. The number of piperazine rings is 2. The summed E-state index contributed by atoms with van der Waals surface area (Å²) in [4.78, 5) is 39.1. The van der Waals surface area contributed by atoms with Crippen molar-refractivity contribution in [3.63, 3.8) is 0 Å². The van der Waals surface area contributed by atoms with Crippen LogP contribution in [0, 0.1) is 5.82 Å². The lowest BCUT2D eigenvalue weighted by Gasteiger charge is -2.44. The molecule has 0 aromatic heterocycles. The Labute approximate surface area is 132 Å². The first kappa shape index (κ1) is 15.3. The average Bonchev–Trinajstić information content (AvgIpc) is 2.54. The first-order valence-electron chi connectivity index (χ1n) is 7.29. The Morgan fingerprint density at radius 2 is 1.96 bits per heavy atom. The molecule has 1 N–H and O–H groups in total. The second-order valence-electron chi connectivity index (χ2n) is 5.55. The molecule has 1 aromatic rings. The van der Waals surface area contributed by atoms with E-state index in [0.717, 1.165) is 0 Å². The van der Waals surface area contributed by atoms with Gasteiger partial charge in [-0.3, -0.25) is 9.59 Å². The van der Waals surface area contributed by atoms with Gasteiger partial charge >= 0.3 is 6.09 Å². The highest BCUT2D eigenvalue weighted by molar-refractivity contribution is 5.97. The molecule has 3 amide bonds. The van der Waals surface area contributed by atoms with Crippen LogP contribution in [0.2, 0.25) is 0 Å².